The Balaban J connectivity index is 1.65. The van der Waals surface area contributed by atoms with Crippen molar-refractivity contribution in [2.24, 2.45) is 0 Å². The number of benzene rings is 2. The molecule has 4 heteroatoms. The van der Waals surface area contributed by atoms with E-state index in [1.165, 1.54) is 0 Å². The number of hydrogen-bond donors (Lipinski definition) is 2. The number of aromatic nitrogens is 1. The first-order chi connectivity index (χ1) is 11.8. The molecule has 1 heterocycles. The topological polar surface area (TPSA) is 54.0 Å². The Hall–Kier alpha value is -3.14. The maximum absolute atomic E-state index is 12.5. The van der Waals surface area contributed by atoms with E-state index in [9.17, 15) is 4.79 Å². The lowest BCUT2D eigenvalue weighted by molar-refractivity contribution is 0.0951. The Morgan fingerprint density at radius 1 is 0.833 bits per heavy atom. The minimum Gasteiger partial charge on any atom is -0.380 e. The molecule has 2 aromatic carbocycles. The largest absolute Gasteiger partial charge is 0.380 e. The zero-order valence-corrected chi connectivity index (χ0v) is 13.3. The van der Waals surface area contributed by atoms with Crippen LogP contribution in [0.25, 0.3) is 0 Å². The van der Waals surface area contributed by atoms with Crippen LogP contribution in [0.15, 0.2) is 79.1 Å². The van der Waals surface area contributed by atoms with Gasteiger partial charge in [-0.05, 0) is 29.3 Å². The Labute approximate surface area is 141 Å². The molecule has 3 aromatic rings. The van der Waals surface area contributed by atoms with Crippen molar-refractivity contribution in [3.8, 4) is 0 Å². The molecule has 2 N–H and O–H groups in total. The Morgan fingerprint density at radius 2 is 1.58 bits per heavy atom. The van der Waals surface area contributed by atoms with Gasteiger partial charge in [0.05, 0.1) is 5.56 Å². The second-order valence-corrected chi connectivity index (χ2v) is 5.43. The van der Waals surface area contributed by atoms with Crippen LogP contribution in [-0.2, 0) is 13.1 Å². The first-order valence-electron chi connectivity index (χ1n) is 7.87. The number of hydrogen-bond acceptors (Lipinski definition) is 3. The zero-order valence-electron chi connectivity index (χ0n) is 13.3. The third-order valence-corrected chi connectivity index (χ3v) is 3.67. The van der Waals surface area contributed by atoms with E-state index in [1.54, 1.807) is 6.20 Å². The fourth-order valence-corrected chi connectivity index (χ4v) is 2.41. The molecule has 0 atom stereocenters. The zero-order chi connectivity index (χ0) is 16.6. The molecule has 4 nitrogen and oxygen atoms in total. The monoisotopic (exact) mass is 317 g/mol. The summed E-state index contributed by atoms with van der Waals surface area (Å²) >= 11 is 0. The molecule has 0 saturated carbocycles. The summed E-state index contributed by atoms with van der Waals surface area (Å²) in [6, 6.07) is 21.3. The van der Waals surface area contributed by atoms with Gasteiger partial charge in [-0.3, -0.25) is 9.78 Å². The lowest BCUT2D eigenvalue weighted by Gasteiger charge is -2.12. The van der Waals surface area contributed by atoms with Crippen LogP contribution >= 0.6 is 0 Å². The van der Waals surface area contributed by atoms with Crippen molar-refractivity contribution in [3.63, 3.8) is 0 Å². The molecule has 0 spiro atoms. The summed E-state index contributed by atoms with van der Waals surface area (Å²) in [5.74, 6) is -0.0897. The number of anilines is 1. The van der Waals surface area contributed by atoms with Gasteiger partial charge in [0.25, 0.3) is 5.91 Å². The fourth-order valence-electron chi connectivity index (χ4n) is 2.41. The molecule has 0 unspecified atom stereocenters. The molecule has 1 aromatic heterocycles. The van der Waals surface area contributed by atoms with Crippen molar-refractivity contribution in [2.45, 2.75) is 13.1 Å². The van der Waals surface area contributed by atoms with Gasteiger partial charge in [0.15, 0.2) is 0 Å². The van der Waals surface area contributed by atoms with E-state index in [-0.39, 0.29) is 5.91 Å². The smallest absolute Gasteiger partial charge is 0.253 e. The molecule has 0 bridgehead atoms. The Bertz CT molecular complexity index is 788. The van der Waals surface area contributed by atoms with Gasteiger partial charge in [0.2, 0.25) is 0 Å². The Morgan fingerprint density at radius 3 is 2.38 bits per heavy atom. The van der Waals surface area contributed by atoms with Gasteiger partial charge in [-0.1, -0.05) is 48.5 Å². The molecule has 0 radical (unpaired) electrons. The van der Waals surface area contributed by atoms with Crippen LogP contribution in [0.5, 0.6) is 0 Å². The molecule has 0 aliphatic rings. The highest BCUT2D eigenvalue weighted by molar-refractivity contribution is 5.99. The van der Waals surface area contributed by atoms with Crippen LogP contribution < -0.4 is 10.6 Å². The van der Waals surface area contributed by atoms with Crippen molar-refractivity contribution in [1.29, 1.82) is 0 Å². The van der Waals surface area contributed by atoms with E-state index >= 15 is 0 Å². The molecule has 3 rings (SSSR count). The number of nitrogens with zero attached hydrogens (tertiary/aromatic N) is 1. The van der Waals surface area contributed by atoms with Crippen LogP contribution in [0.1, 0.15) is 21.5 Å². The number of pyridine rings is 1. The highest BCUT2D eigenvalue weighted by Crippen LogP contribution is 2.16. The van der Waals surface area contributed by atoms with Gasteiger partial charge in [-0.15, -0.1) is 0 Å². The van der Waals surface area contributed by atoms with E-state index in [1.807, 2.05) is 72.9 Å². The van der Waals surface area contributed by atoms with Crippen LogP contribution in [0.3, 0.4) is 0 Å². The van der Waals surface area contributed by atoms with Gasteiger partial charge in [-0.2, -0.15) is 0 Å². The predicted octanol–water partition coefficient (Wildman–Crippen LogP) is 3.62. The van der Waals surface area contributed by atoms with Crippen molar-refractivity contribution < 1.29 is 4.79 Å². The normalized spacial score (nSPS) is 10.2. The summed E-state index contributed by atoms with van der Waals surface area (Å²) in [6.07, 6.45) is 3.56. The minimum absolute atomic E-state index is 0.0897. The van der Waals surface area contributed by atoms with Crippen molar-refractivity contribution in [3.05, 3.63) is 95.8 Å². The summed E-state index contributed by atoms with van der Waals surface area (Å²) in [5.41, 5.74) is 3.59. The maximum atomic E-state index is 12.5. The number of para-hydroxylation sites is 1. The third kappa shape index (κ3) is 4.20. The molecular formula is C20H19N3O. The van der Waals surface area contributed by atoms with E-state index in [0.29, 0.717) is 18.7 Å². The summed E-state index contributed by atoms with van der Waals surface area (Å²) in [6.45, 7) is 1.13. The molecule has 0 aliphatic carbocycles. The summed E-state index contributed by atoms with van der Waals surface area (Å²) in [7, 11) is 0. The number of carbonyl (C=O) groups is 1. The van der Waals surface area contributed by atoms with E-state index < -0.39 is 0 Å². The fraction of sp³-hybridized carbons (Fsp3) is 0.100. The number of amides is 1. The number of carbonyl (C=O) groups excluding carboxylic acids is 1. The SMILES string of the molecule is O=C(NCc1ccccc1)c1ccccc1NCc1cccnc1. The molecular weight excluding hydrogens is 298 g/mol. The molecule has 0 aliphatic heterocycles. The van der Waals surface area contributed by atoms with Gasteiger partial charge >= 0.3 is 0 Å². The maximum Gasteiger partial charge on any atom is 0.253 e. The lowest BCUT2D eigenvalue weighted by Crippen LogP contribution is -2.23. The summed E-state index contributed by atoms with van der Waals surface area (Å²) < 4.78 is 0. The van der Waals surface area contributed by atoms with Crippen LogP contribution in [0, 0.1) is 0 Å². The summed E-state index contributed by atoms with van der Waals surface area (Å²) in [4.78, 5) is 16.6. The van der Waals surface area contributed by atoms with Gasteiger partial charge < -0.3 is 10.6 Å². The van der Waals surface area contributed by atoms with Gasteiger partial charge in [-0.25, -0.2) is 0 Å². The second kappa shape index (κ2) is 7.92. The van der Waals surface area contributed by atoms with E-state index in [4.69, 9.17) is 0 Å². The first kappa shape index (κ1) is 15.7. The highest BCUT2D eigenvalue weighted by atomic mass is 16.1. The molecule has 1 amide bonds. The molecule has 24 heavy (non-hydrogen) atoms. The van der Waals surface area contributed by atoms with Crippen LogP contribution in [0.4, 0.5) is 5.69 Å². The van der Waals surface area contributed by atoms with E-state index in [2.05, 4.69) is 15.6 Å². The number of rotatable bonds is 6. The van der Waals surface area contributed by atoms with Crippen molar-refractivity contribution in [1.82, 2.24) is 10.3 Å². The molecule has 120 valence electrons. The average Bonchev–Trinajstić information content (AvgIpc) is 2.66. The minimum atomic E-state index is -0.0897. The average molecular weight is 317 g/mol. The number of nitrogens with one attached hydrogen (secondary N) is 2. The van der Waals surface area contributed by atoms with Crippen molar-refractivity contribution in [2.75, 3.05) is 5.32 Å². The predicted molar refractivity (Wildman–Crippen MR) is 95.6 cm³/mol. The highest BCUT2D eigenvalue weighted by Gasteiger charge is 2.10. The molecule has 0 saturated heterocycles. The second-order valence-electron chi connectivity index (χ2n) is 5.43. The van der Waals surface area contributed by atoms with Crippen LogP contribution in [0.2, 0.25) is 0 Å². The van der Waals surface area contributed by atoms with Gasteiger partial charge in [0.1, 0.15) is 0 Å². The van der Waals surface area contributed by atoms with Crippen molar-refractivity contribution >= 4 is 11.6 Å². The lowest BCUT2D eigenvalue weighted by atomic mass is 10.1. The quantitative estimate of drug-likeness (QED) is 0.730. The standard InChI is InChI=1S/C20H19N3O/c24-20(23-14-16-7-2-1-3-8-16)18-10-4-5-11-19(18)22-15-17-9-6-12-21-13-17/h1-13,22H,14-15H2,(H,23,24). The Kier molecular flexibility index (Phi) is 5.20. The van der Waals surface area contributed by atoms with E-state index in [0.717, 1.165) is 16.8 Å². The summed E-state index contributed by atoms with van der Waals surface area (Å²) in [5, 5.41) is 6.27. The third-order valence-electron chi connectivity index (χ3n) is 3.67. The first-order valence-corrected chi connectivity index (χ1v) is 7.87. The molecule has 0 fully saturated rings. The van der Waals surface area contributed by atoms with Gasteiger partial charge in [0, 0.05) is 31.2 Å². The van der Waals surface area contributed by atoms with Crippen LogP contribution in [-0.4, -0.2) is 10.9 Å².